The van der Waals surface area contributed by atoms with Gasteiger partial charge >= 0.3 is 0 Å². The molecule has 4 heterocycles. The van der Waals surface area contributed by atoms with Gasteiger partial charge in [-0.3, -0.25) is 9.88 Å². The number of imidazole rings is 1. The second kappa shape index (κ2) is 10.4. The highest BCUT2D eigenvalue weighted by Crippen LogP contribution is 2.33. The number of likely N-dealkylation sites (N-methyl/N-ethyl adjacent to an activating group) is 1. The van der Waals surface area contributed by atoms with Gasteiger partial charge < -0.3 is 14.5 Å². The highest BCUT2D eigenvalue weighted by atomic mass is 19.1. The maximum atomic E-state index is 14.2. The Morgan fingerprint density at radius 1 is 1.14 bits per heavy atom. The van der Waals surface area contributed by atoms with E-state index in [1.807, 2.05) is 6.07 Å². The fourth-order valence-electron chi connectivity index (χ4n) is 5.37. The molecule has 0 spiro atoms. The smallest absolute Gasteiger partial charge is 0.167 e. The van der Waals surface area contributed by atoms with E-state index < -0.39 is 5.82 Å². The molecule has 2 aliphatic rings. The molecule has 2 aromatic heterocycles. The summed E-state index contributed by atoms with van der Waals surface area (Å²) in [5.74, 6) is 0.434. The first-order valence-electron chi connectivity index (χ1n) is 12.5. The summed E-state index contributed by atoms with van der Waals surface area (Å²) in [7, 11) is 3.66. The van der Waals surface area contributed by atoms with Gasteiger partial charge in [0.15, 0.2) is 17.4 Å². The van der Waals surface area contributed by atoms with E-state index in [0.29, 0.717) is 17.4 Å². The van der Waals surface area contributed by atoms with Crippen LogP contribution in [0.1, 0.15) is 25.6 Å². The summed E-state index contributed by atoms with van der Waals surface area (Å²) in [4.78, 5) is 16.5. The van der Waals surface area contributed by atoms with E-state index in [9.17, 15) is 4.39 Å². The largest absolute Gasteiger partial charge is 0.494 e. The van der Waals surface area contributed by atoms with Crippen LogP contribution in [0.5, 0.6) is 5.75 Å². The number of fused-ring (bicyclic) bond motifs is 1. The van der Waals surface area contributed by atoms with Crippen LogP contribution in [0.2, 0.25) is 0 Å². The van der Waals surface area contributed by atoms with Crippen LogP contribution in [0.4, 0.5) is 4.39 Å². The van der Waals surface area contributed by atoms with Crippen molar-refractivity contribution in [3.63, 3.8) is 0 Å². The Bertz CT molecular complexity index is 1270. The summed E-state index contributed by atoms with van der Waals surface area (Å²) in [5.41, 5.74) is 3.30. The molecule has 0 amide bonds. The summed E-state index contributed by atoms with van der Waals surface area (Å²) in [6.07, 6.45) is 7.86. The van der Waals surface area contributed by atoms with E-state index in [2.05, 4.69) is 56.5 Å². The van der Waals surface area contributed by atoms with Crippen LogP contribution < -0.4 is 4.74 Å². The molecule has 0 bridgehead atoms. The first-order valence-corrected chi connectivity index (χ1v) is 12.5. The van der Waals surface area contributed by atoms with Crippen molar-refractivity contribution in [3.05, 3.63) is 47.9 Å². The number of rotatable bonds is 6. The van der Waals surface area contributed by atoms with E-state index in [1.54, 1.807) is 23.1 Å². The molecule has 1 aromatic carbocycles. The maximum absolute atomic E-state index is 14.2. The number of hydrogen-bond donors (Lipinski definition) is 0. The SMILES string of the molecule is C=Nn1c(-c2ccnc3cc(F)c(OC)cc23)cnc1/C=C(\C)N1CCC(N2CCN(C)CC2)CC1. The normalized spacial score (nSPS) is 18.7. The van der Waals surface area contributed by atoms with Gasteiger partial charge in [0.2, 0.25) is 0 Å². The fourth-order valence-corrected chi connectivity index (χ4v) is 5.37. The van der Waals surface area contributed by atoms with Crippen LogP contribution >= 0.6 is 0 Å². The number of hydrogen-bond acceptors (Lipinski definition) is 7. The Morgan fingerprint density at radius 3 is 2.58 bits per heavy atom. The summed E-state index contributed by atoms with van der Waals surface area (Å²) >= 11 is 0. The van der Waals surface area contributed by atoms with Crippen LogP contribution in [-0.2, 0) is 0 Å². The highest BCUT2D eigenvalue weighted by Gasteiger charge is 2.27. The Balaban J connectivity index is 1.36. The van der Waals surface area contributed by atoms with Gasteiger partial charge in [-0.15, -0.1) is 0 Å². The fraction of sp³-hybridized carbons (Fsp3) is 0.444. The summed E-state index contributed by atoms with van der Waals surface area (Å²) < 4.78 is 21.2. The number of nitrogens with zero attached hydrogens (tertiary/aromatic N) is 7. The van der Waals surface area contributed by atoms with Crippen molar-refractivity contribution in [3.8, 4) is 17.0 Å². The van der Waals surface area contributed by atoms with Crippen molar-refractivity contribution < 1.29 is 9.13 Å². The monoisotopic (exact) mass is 491 g/mol. The van der Waals surface area contributed by atoms with Crippen LogP contribution in [0.15, 0.2) is 41.4 Å². The summed E-state index contributed by atoms with van der Waals surface area (Å²) in [5, 5.41) is 5.02. The molecule has 0 N–H and O–H groups in total. The molecular weight excluding hydrogens is 457 g/mol. The molecule has 0 aliphatic carbocycles. The van der Waals surface area contributed by atoms with Crippen LogP contribution in [0.25, 0.3) is 28.2 Å². The molecule has 2 fully saturated rings. The topological polar surface area (TPSA) is 62.0 Å². The molecule has 0 radical (unpaired) electrons. The molecule has 190 valence electrons. The van der Waals surface area contributed by atoms with Crippen molar-refractivity contribution in [1.82, 2.24) is 29.3 Å². The van der Waals surface area contributed by atoms with E-state index in [0.717, 1.165) is 48.5 Å². The second-order valence-electron chi connectivity index (χ2n) is 9.66. The molecule has 8 nitrogen and oxygen atoms in total. The van der Waals surface area contributed by atoms with Gasteiger partial charge in [-0.25, -0.2) is 14.1 Å². The first-order chi connectivity index (χ1) is 17.5. The molecule has 9 heteroatoms. The zero-order valence-electron chi connectivity index (χ0n) is 21.3. The van der Waals surface area contributed by atoms with Crippen molar-refractivity contribution in [2.75, 3.05) is 53.4 Å². The first kappa shape index (κ1) is 24.4. The quantitative estimate of drug-likeness (QED) is 0.489. The second-order valence-corrected chi connectivity index (χ2v) is 9.66. The number of piperazine rings is 1. The van der Waals surface area contributed by atoms with Gasteiger partial charge in [0, 0.05) is 87.0 Å². The Morgan fingerprint density at radius 2 is 1.89 bits per heavy atom. The van der Waals surface area contributed by atoms with Gasteiger partial charge in [0.25, 0.3) is 0 Å². The summed E-state index contributed by atoms with van der Waals surface area (Å²) in [6, 6.07) is 5.60. The van der Waals surface area contributed by atoms with E-state index >= 15 is 0 Å². The van der Waals surface area contributed by atoms with Crippen molar-refractivity contribution in [2.24, 2.45) is 5.10 Å². The van der Waals surface area contributed by atoms with Crippen molar-refractivity contribution in [2.45, 2.75) is 25.8 Å². The lowest BCUT2D eigenvalue weighted by Crippen LogP contribution is -2.52. The predicted molar refractivity (Wildman–Crippen MR) is 142 cm³/mol. The standard InChI is InChI=1S/C27H34FN7O/c1-19(33-9-6-20(7-10-33)34-13-11-32(3)12-14-34)15-27-31-18-25(35(27)29-2)21-5-8-30-24-17-23(28)26(36-4)16-22(21)24/h5,8,15-18,20H,2,6-7,9-14H2,1,3-4H3/b19-15+. The van der Waals surface area contributed by atoms with Gasteiger partial charge in [-0.1, -0.05) is 0 Å². The Labute approximate surface area is 211 Å². The molecule has 2 aliphatic heterocycles. The number of piperidine rings is 1. The number of likely N-dealkylation sites (tertiary alicyclic amines) is 1. The number of ether oxygens (including phenoxy) is 1. The minimum Gasteiger partial charge on any atom is -0.494 e. The van der Waals surface area contributed by atoms with Gasteiger partial charge in [0.05, 0.1) is 24.5 Å². The average molecular weight is 492 g/mol. The molecular formula is C27H34FN7O. The minimum atomic E-state index is -0.444. The molecule has 36 heavy (non-hydrogen) atoms. The number of methoxy groups -OCH3 is 1. The third kappa shape index (κ3) is 4.73. The molecule has 0 saturated carbocycles. The van der Waals surface area contributed by atoms with Crippen LogP contribution in [0, 0.1) is 5.82 Å². The zero-order valence-corrected chi connectivity index (χ0v) is 21.3. The predicted octanol–water partition coefficient (Wildman–Crippen LogP) is 3.78. The van der Waals surface area contributed by atoms with Gasteiger partial charge in [-0.2, -0.15) is 5.10 Å². The van der Waals surface area contributed by atoms with Crippen LogP contribution in [-0.4, -0.2) is 95.5 Å². The number of halogens is 1. The average Bonchev–Trinajstić information content (AvgIpc) is 3.30. The van der Waals surface area contributed by atoms with E-state index in [4.69, 9.17) is 4.74 Å². The number of allylic oxidation sites excluding steroid dienone is 1. The third-order valence-electron chi connectivity index (χ3n) is 7.55. The maximum Gasteiger partial charge on any atom is 0.167 e. The van der Waals surface area contributed by atoms with Gasteiger partial charge in [-0.05, 0) is 38.9 Å². The minimum absolute atomic E-state index is 0.172. The molecule has 0 unspecified atom stereocenters. The summed E-state index contributed by atoms with van der Waals surface area (Å²) in [6.45, 7) is 12.7. The Kier molecular flexibility index (Phi) is 7.02. The lowest BCUT2D eigenvalue weighted by molar-refractivity contribution is 0.0760. The van der Waals surface area contributed by atoms with Crippen molar-refractivity contribution in [1.29, 1.82) is 0 Å². The number of aromatic nitrogens is 3. The molecule has 5 rings (SSSR count). The van der Waals surface area contributed by atoms with E-state index in [-0.39, 0.29) is 5.75 Å². The molecule has 2 saturated heterocycles. The Hall–Kier alpha value is -3.30. The molecule has 3 aromatic rings. The lowest BCUT2D eigenvalue weighted by atomic mass is 10.0. The zero-order chi connectivity index (χ0) is 25.2. The van der Waals surface area contributed by atoms with Crippen LogP contribution in [0.3, 0.4) is 0 Å². The number of benzene rings is 1. The lowest BCUT2D eigenvalue weighted by Gasteiger charge is -2.42. The third-order valence-corrected chi connectivity index (χ3v) is 7.55. The number of pyridine rings is 1. The molecule has 0 atom stereocenters. The van der Waals surface area contributed by atoms with E-state index in [1.165, 1.54) is 39.1 Å². The van der Waals surface area contributed by atoms with Crippen molar-refractivity contribution >= 4 is 23.7 Å². The van der Waals surface area contributed by atoms with Gasteiger partial charge in [0.1, 0.15) is 0 Å². The highest BCUT2D eigenvalue weighted by molar-refractivity contribution is 5.94.